The first-order valence-electron chi connectivity index (χ1n) is 8.04. The minimum Gasteiger partial charge on any atom is -0.329 e. The first-order valence-corrected chi connectivity index (χ1v) is 8.04. The van der Waals surface area contributed by atoms with E-state index < -0.39 is 35.4 Å². The lowest BCUT2D eigenvalue weighted by Crippen LogP contribution is -2.35. The zero-order chi connectivity index (χ0) is 19.8. The van der Waals surface area contributed by atoms with E-state index in [0.717, 1.165) is 12.1 Å². The molecule has 0 aromatic heterocycles. The number of halogens is 3. The lowest BCUT2D eigenvalue weighted by atomic mass is 10.0. The van der Waals surface area contributed by atoms with Crippen molar-refractivity contribution < 1.29 is 32.4 Å². The lowest BCUT2D eigenvalue weighted by Gasteiger charge is -2.16. The highest BCUT2D eigenvalue weighted by Crippen LogP contribution is 2.29. The molecule has 0 fully saturated rings. The van der Waals surface area contributed by atoms with Crippen LogP contribution in [0, 0.1) is 5.92 Å². The number of hydrogen-bond donors (Lipinski definition) is 0. The SMILES string of the molecule is CC(Cc1ccc(C(F)(F)F)cc1)C(=O)ON1C(=O)c2ccccc2C1=O. The van der Waals surface area contributed by atoms with Crippen molar-refractivity contribution in [3.05, 3.63) is 70.8 Å². The van der Waals surface area contributed by atoms with Crippen LogP contribution in [0.3, 0.4) is 0 Å². The minimum absolute atomic E-state index is 0.0974. The first-order chi connectivity index (χ1) is 12.7. The predicted octanol–water partition coefficient (Wildman–Crippen LogP) is 3.64. The second kappa shape index (κ2) is 6.86. The maximum atomic E-state index is 12.6. The molecule has 2 aromatic carbocycles. The van der Waals surface area contributed by atoms with Gasteiger partial charge in [0.2, 0.25) is 0 Å². The molecule has 1 atom stereocenters. The second-order valence-corrected chi connectivity index (χ2v) is 6.16. The molecule has 0 saturated heterocycles. The molecular formula is C19H14F3NO4. The summed E-state index contributed by atoms with van der Waals surface area (Å²) in [5, 5.41) is 0.413. The number of carbonyl (C=O) groups excluding carboxylic acids is 3. The quantitative estimate of drug-likeness (QED) is 0.764. The van der Waals surface area contributed by atoms with Gasteiger partial charge in [-0.2, -0.15) is 13.2 Å². The second-order valence-electron chi connectivity index (χ2n) is 6.16. The number of hydrogen-bond acceptors (Lipinski definition) is 4. The van der Waals surface area contributed by atoms with E-state index in [1.54, 1.807) is 12.1 Å². The van der Waals surface area contributed by atoms with E-state index in [4.69, 9.17) is 4.84 Å². The molecule has 1 aliphatic rings. The van der Waals surface area contributed by atoms with Crippen molar-refractivity contribution in [3.8, 4) is 0 Å². The van der Waals surface area contributed by atoms with Crippen molar-refractivity contribution in [2.24, 2.45) is 5.92 Å². The zero-order valence-electron chi connectivity index (χ0n) is 14.1. The van der Waals surface area contributed by atoms with Crippen LogP contribution in [-0.4, -0.2) is 22.8 Å². The summed E-state index contributed by atoms with van der Waals surface area (Å²) in [6, 6.07) is 10.5. The Morgan fingerprint density at radius 1 is 1.00 bits per heavy atom. The van der Waals surface area contributed by atoms with Crippen LogP contribution in [0.5, 0.6) is 0 Å². The number of imide groups is 1. The number of alkyl halides is 3. The molecule has 27 heavy (non-hydrogen) atoms. The molecule has 0 saturated carbocycles. The van der Waals surface area contributed by atoms with E-state index in [9.17, 15) is 27.6 Å². The van der Waals surface area contributed by atoms with E-state index >= 15 is 0 Å². The number of benzene rings is 2. The fraction of sp³-hybridized carbons (Fsp3) is 0.211. The molecule has 8 heteroatoms. The molecule has 5 nitrogen and oxygen atoms in total. The Hall–Kier alpha value is -3.16. The number of carbonyl (C=O) groups is 3. The van der Waals surface area contributed by atoms with Gasteiger partial charge in [-0.15, -0.1) is 0 Å². The summed E-state index contributed by atoms with van der Waals surface area (Å²) in [5.74, 6) is -3.06. The van der Waals surface area contributed by atoms with Crippen molar-refractivity contribution in [3.63, 3.8) is 0 Å². The lowest BCUT2D eigenvalue weighted by molar-refractivity contribution is -0.173. The van der Waals surface area contributed by atoms with E-state index in [-0.39, 0.29) is 17.5 Å². The maximum Gasteiger partial charge on any atom is 0.416 e. The third kappa shape index (κ3) is 3.69. The van der Waals surface area contributed by atoms with Gasteiger partial charge in [0.1, 0.15) is 0 Å². The monoisotopic (exact) mass is 377 g/mol. The van der Waals surface area contributed by atoms with Gasteiger partial charge >= 0.3 is 12.1 Å². The van der Waals surface area contributed by atoms with Gasteiger partial charge in [-0.1, -0.05) is 36.3 Å². The van der Waals surface area contributed by atoms with E-state index in [2.05, 4.69) is 0 Å². The third-order valence-corrected chi connectivity index (χ3v) is 4.16. The summed E-state index contributed by atoms with van der Waals surface area (Å²) in [7, 11) is 0. The molecule has 1 unspecified atom stereocenters. The van der Waals surface area contributed by atoms with Crippen molar-refractivity contribution in [1.29, 1.82) is 0 Å². The van der Waals surface area contributed by atoms with Crippen molar-refractivity contribution in [2.75, 3.05) is 0 Å². The summed E-state index contributed by atoms with van der Waals surface area (Å²) >= 11 is 0. The highest BCUT2D eigenvalue weighted by atomic mass is 19.4. The van der Waals surface area contributed by atoms with E-state index in [0.29, 0.717) is 10.6 Å². The Labute approximate surface area is 152 Å². The molecule has 1 heterocycles. The molecule has 1 aliphatic heterocycles. The normalized spacial score (nSPS) is 14.9. The van der Waals surface area contributed by atoms with Gasteiger partial charge in [0.15, 0.2) is 0 Å². The van der Waals surface area contributed by atoms with Gasteiger partial charge in [-0.05, 0) is 36.2 Å². The van der Waals surface area contributed by atoms with Crippen LogP contribution in [0.2, 0.25) is 0 Å². The number of rotatable bonds is 4. The predicted molar refractivity (Wildman–Crippen MR) is 87.3 cm³/mol. The van der Waals surface area contributed by atoms with Gasteiger partial charge in [-0.25, -0.2) is 4.79 Å². The Morgan fingerprint density at radius 3 is 2.00 bits per heavy atom. The number of nitrogens with zero attached hydrogens (tertiary/aromatic N) is 1. The summed E-state index contributed by atoms with van der Waals surface area (Å²) < 4.78 is 37.7. The fourth-order valence-electron chi connectivity index (χ4n) is 2.70. The van der Waals surface area contributed by atoms with Crippen LogP contribution in [0.1, 0.15) is 38.8 Å². The highest BCUT2D eigenvalue weighted by Gasteiger charge is 2.39. The molecule has 3 rings (SSSR count). The molecule has 0 bridgehead atoms. The van der Waals surface area contributed by atoms with Gasteiger partial charge in [0.25, 0.3) is 11.8 Å². The summed E-state index contributed by atoms with van der Waals surface area (Å²) in [5.41, 5.74) is -0.00120. The van der Waals surface area contributed by atoms with Gasteiger partial charge in [0, 0.05) is 0 Å². The van der Waals surface area contributed by atoms with Crippen LogP contribution in [0.25, 0.3) is 0 Å². The molecule has 0 aliphatic carbocycles. The van der Waals surface area contributed by atoms with Crippen LogP contribution in [-0.2, 0) is 22.2 Å². The number of fused-ring (bicyclic) bond motifs is 1. The molecule has 0 radical (unpaired) electrons. The Bertz CT molecular complexity index is 871. The van der Waals surface area contributed by atoms with Crippen molar-refractivity contribution >= 4 is 17.8 Å². The highest BCUT2D eigenvalue weighted by molar-refractivity contribution is 6.20. The average molecular weight is 377 g/mol. The molecule has 2 aromatic rings. The summed E-state index contributed by atoms with van der Waals surface area (Å²) in [6.07, 6.45) is -4.34. The molecule has 140 valence electrons. The van der Waals surface area contributed by atoms with Crippen LogP contribution < -0.4 is 0 Å². The van der Waals surface area contributed by atoms with Gasteiger partial charge < -0.3 is 4.84 Å². The van der Waals surface area contributed by atoms with Gasteiger partial charge in [-0.3, -0.25) is 9.59 Å². The van der Waals surface area contributed by atoms with E-state index in [1.807, 2.05) is 0 Å². The number of amides is 2. The zero-order valence-corrected chi connectivity index (χ0v) is 14.1. The van der Waals surface area contributed by atoms with E-state index in [1.165, 1.54) is 31.2 Å². The summed E-state index contributed by atoms with van der Waals surface area (Å²) in [4.78, 5) is 41.5. The Morgan fingerprint density at radius 2 is 1.52 bits per heavy atom. The van der Waals surface area contributed by atoms with Crippen LogP contribution >= 0.6 is 0 Å². The number of hydroxylamine groups is 2. The largest absolute Gasteiger partial charge is 0.416 e. The minimum atomic E-state index is -4.44. The Kier molecular flexibility index (Phi) is 4.73. The average Bonchev–Trinajstić information content (AvgIpc) is 2.86. The molecule has 0 N–H and O–H groups in total. The fourth-order valence-corrected chi connectivity index (χ4v) is 2.70. The third-order valence-electron chi connectivity index (χ3n) is 4.16. The maximum absolute atomic E-state index is 12.6. The van der Waals surface area contributed by atoms with Crippen molar-refractivity contribution in [2.45, 2.75) is 19.5 Å². The van der Waals surface area contributed by atoms with Crippen LogP contribution in [0.4, 0.5) is 13.2 Å². The first kappa shape index (κ1) is 18.6. The molecular weight excluding hydrogens is 363 g/mol. The van der Waals surface area contributed by atoms with Crippen LogP contribution in [0.15, 0.2) is 48.5 Å². The standard InChI is InChI=1S/C19H14F3NO4/c1-11(10-12-6-8-13(9-7-12)19(20,21)22)18(26)27-23-16(24)14-4-2-3-5-15(14)17(23)25/h2-9,11H,10H2,1H3. The summed E-state index contributed by atoms with van der Waals surface area (Å²) in [6.45, 7) is 1.50. The topological polar surface area (TPSA) is 63.7 Å². The van der Waals surface area contributed by atoms with Gasteiger partial charge in [0.05, 0.1) is 22.6 Å². The Balaban J connectivity index is 1.65. The molecule has 2 amide bonds. The smallest absolute Gasteiger partial charge is 0.329 e. The van der Waals surface area contributed by atoms with Crippen molar-refractivity contribution in [1.82, 2.24) is 5.06 Å². The molecule has 0 spiro atoms.